The van der Waals surface area contributed by atoms with Crippen molar-refractivity contribution in [1.29, 1.82) is 0 Å². The van der Waals surface area contributed by atoms with Crippen molar-refractivity contribution in [3.63, 3.8) is 0 Å². The average Bonchev–Trinajstić information content (AvgIpc) is 2.61. The first-order valence-electron chi connectivity index (χ1n) is 6.91. The van der Waals surface area contributed by atoms with Crippen molar-refractivity contribution in [3.8, 4) is 0 Å². The molecule has 1 rings (SSSR count). The first-order valence-corrected chi connectivity index (χ1v) is 6.91. The average molecular weight is 226 g/mol. The van der Waals surface area contributed by atoms with Crippen LogP contribution in [0.25, 0.3) is 0 Å². The van der Waals surface area contributed by atoms with Gasteiger partial charge in [-0.15, -0.1) is 0 Å². The molecule has 0 bridgehead atoms. The van der Waals surface area contributed by atoms with E-state index in [0.29, 0.717) is 5.41 Å². The summed E-state index contributed by atoms with van der Waals surface area (Å²) in [5.41, 5.74) is 0.444. The SMILES string of the molecule is CCCNC1CCN(CC(C)(C)C(C)C)C1. The highest BCUT2D eigenvalue weighted by molar-refractivity contribution is 4.85. The third kappa shape index (κ3) is 4.06. The molecule has 1 atom stereocenters. The summed E-state index contributed by atoms with van der Waals surface area (Å²) in [5.74, 6) is 0.759. The summed E-state index contributed by atoms with van der Waals surface area (Å²) in [6.07, 6.45) is 2.57. The second-order valence-electron chi connectivity index (χ2n) is 6.32. The highest BCUT2D eigenvalue weighted by atomic mass is 15.2. The molecule has 16 heavy (non-hydrogen) atoms. The maximum Gasteiger partial charge on any atom is 0.0207 e. The topological polar surface area (TPSA) is 15.3 Å². The Labute approximate surface area is 102 Å². The van der Waals surface area contributed by atoms with Crippen LogP contribution in [0.15, 0.2) is 0 Å². The van der Waals surface area contributed by atoms with Crippen molar-refractivity contribution < 1.29 is 0 Å². The standard InChI is InChI=1S/C14H30N2/c1-6-8-15-13-7-9-16(10-13)11-14(4,5)12(2)3/h12-13,15H,6-11H2,1-5H3. The number of nitrogens with zero attached hydrogens (tertiary/aromatic N) is 1. The molecule has 0 amide bonds. The van der Waals surface area contributed by atoms with Gasteiger partial charge in [0.15, 0.2) is 0 Å². The lowest BCUT2D eigenvalue weighted by molar-refractivity contribution is 0.153. The number of hydrogen-bond donors (Lipinski definition) is 1. The van der Waals surface area contributed by atoms with Crippen LogP contribution in [0.3, 0.4) is 0 Å². The van der Waals surface area contributed by atoms with Crippen LogP contribution in [-0.2, 0) is 0 Å². The summed E-state index contributed by atoms with van der Waals surface area (Å²) < 4.78 is 0. The van der Waals surface area contributed by atoms with Gasteiger partial charge < -0.3 is 10.2 Å². The third-order valence-electron chi connectivity index (χ3n) is 4.15. The van der Waals surface area contributed by atoms with Gasteiger partial charge in [-0.2, -0.15) is 0 Å². The van der Waals surface area contributed by atoms with E-state index in [2.05, 4.69) is 44.8 Å². The summed E-state index contributed by atoms with van der Waals surface area (Å²) in [7, 11) is 0. The quantitative estimate of drug-likeness (QED) is 0.749. The van der Waals surface area contributed by atoms with Gasteiger partial charge in [-0.3, -0.25) is 0 Å². The Balaban J connectivity index is 2.31. The largest absolute Gasteiger partial charge is 0.313 e. The zero-order valence-electron chi connectivity index (χ0n) is 11.8. The predicted molar refractivity (Wildman–Crippen MR) is 71.8 cm³/mol. The summed E-state index contributed by atoms with van der Waals surface area (Å²) in [6.45, 7) is 16.6. The van der Waals surface area contributed by atoms with Gasteiger partial charge in [-0.25, -0.2) is 0 Å². The van der Waals surface area contributed by atoms with Crippen LogP contribution in [0.4, 0.5) is 0 Å². The fourth-order valence-electron chi connectivity index (χ4n) is 2.25. The molecule has 0 radical (unpaired) electrons. The molecule has 0 aliphatic carbocycles. The van der Waals surface area contributed by atoms with Gasteiger partial charge in [0.25, 0.3) is 0 Å². The van der Waals surface area contributed by atoms with E-state index in [1.165, 1.54) is 39.0 Å². The van der Waals surface area contributed by atoms with Crippen molar-refractivity contribution in [3.05, 3.63) is 0 Å². The summed E-state index contributed by atoms with van der Waals surface area (Å²) >= 11 is 0. The highest BCUT2D eigenvalue weighted by Gasteiger charge is 2.29. The Morgan fingerprint density at radius 3 is 2.62 bits per heavy atom. The minimum Gasteiger partial charge on any atom is -0.313 e. The molecule has 0 aromatic carbocycles. The third-order valence-corrected chi connectivity index (χ3v) is 4.15. The van der Waals surface area contributed by atoms with Crippen molar-refractivity contribution >= 4 is 0 Å². The minimum atomic E-state index is 0.444. The molecule has 2 heteroatoms. The lowest BCUT2D eigenvalue weighted by Gasteiger charge is -2.33. The van der Waals surface area contributed by atoms with Gasteiger partial charge in [0.05, 0.1) is 0 Å². The van der Waals surface area contributed by atoms with E-state index >= 15 is 0 Å². The molecule has 1 unspecified atom stereocenters. The molecule has 0 aromatic rings. The van der Waals surface area contributed by atoms with Gasteiger partial charge in [-0.1, -0.05) is 34.6 Å². The molecule has 1 saturated heterocycles. The molecule has 1 fully saturated rings. The molecular weight excluding hydrogens is 196 g/mol. The van der Waals surface area contributed by atoms with Crippen molar-refractivity contribution in [2.75, 3.05) is 26.2 Å². The van der Waals surface area contributed by atoms with Gasteiger partial charge in [0, 0.05) is 19.1 Å². The molecule has 2 nitrogen and oxygen atoms in total. The van der Waals surface area contributed by atoms with Gasteiger partial charge in [-0.05, 0) is 37.3 Å². The molecule has 1 aliphatic heterocycles. The summed E-state index contributed by atoms with van der Waals surface area (Å²) in [6, 6.07) is 0.739. The maximum absolute atomic E-state index is 3.63. The Kier molecular flexibility index (Phi) is 5.26. The number of hydrogen-bond acceptors (Lipinski definition) is 2. The molecule has 0 aromatic heterocycles. The van der Waals surface area contributed by atoms with Crippen LogP contribution >= 0.6 is 0 Å². The van der Waals surface area contributed by atoms with Crippen molar-refractivity contribution in [2.45, 2.75) is 53.5 Å². The fourth-order valence-corrected chi connectivity index (χ4v) is 2.25. The van der Waals surface area contributed by atoms with Gasteiger partial charge in [0.1, 0.15) is 0 Å². The van der Waals surface area contributed by atoms with E-state index < -0.39 is 0 Å². The summed E-state index contributed by atoms with van der Waals surface area (Å²) in [4.78, 5) is 2.63. The normalized spacial score (nSPS) is 23.2. The van der Waals surface area contributed by atoms with E-state index in [9.17, 15) is 0 Å². The highest BCUT2D eigenvalue weighted by Crippen LogP contribution is 2.28. The van der Waals surface area contributed by atoms with E-state index in [0.717, 1.165) is 12.0 Å². The number of likely N-dealkylation sites (tertiary alicyclic amines) is 1. The minimum absolute atomic E-state index is 0.444. The van der Waals surface area contributed by atoms with Crippen molar-refractivity contribution in [1.82, 2.24) is 10.2 Å². The van der Waals surface area contributed by atoms with E-state index in [4.69, 9.17) is 0 Å². The maximum atomic E-state index is 3.63. The molecule has 1 N–H and O–H groups in total. The van der Waals surface area contributed by atoms with Crippen LogP contribution in [0.2, 0.25) is 0 Å². The monoisotopic (exact) mass is 226 g/mol. The lowest BCUT2D eigenvalue weighted by atomic mass is 9.81. The Morgan fingerprint density at radius 2 is 2.06 bits per heavy atom. The lowest BCUT2D eigenvalue weighted by Crippen LogP contribution is -2.38. The first kappa shape index (κ1) is 14.0. The van der Waals surface area contributed by atoms with Crippen LogP contribution in [0, 0.1) is 11.3 Å². The molecule has 0 saturated carbocycles. The smallest absolute Gasteiger partial charge is 0.0207 e. The van der Waals surface area contributed by atoms with Crippen LogP contribution in [0.5, 0.6) is 0 Å². The van der Waals surface area contributed by atoms with E-state index in [-0.39, 0.29) is 0 Å². The number of rotatable bonds is 6. The van der Waals surface area contributed by atoms with E-state index in [1.54, 1.807) is 0 Å². The fraction of sp³-hybridized carbons (Fsp3) is 1.00. The van der Waals surface area contributed by atoms with Crippen molar-refractivity contribution in [2.24, 2.45) is 11.3 Å². The second-order valence-corrected chi connectivity index (χ2v) is 6.32. The second kappa shape index (κ2) is 6.02. The Hall–Kier alpha value is -0.0800. The number of nitrogens with one attached hydrogen (secondary N) is 1. The van der Waals surface area contributed by atoms with Crippen LogP contribution in [0.1, 0.15) is 47.5 Å². The van der Waals surface area contributed by atoms with Gasteiger partial charge >= 0.3 is 0 Å². The summed E-state index contributed by atoms with van der Waals surface area (Å²) in [5, 5.41) is 3.63. The first-order chi connectivity index (χ1) is 7.45. The Morgan fingerprint density at radius 1 is 1.38 bits per heavy atom. The molecule has 0 spiro atoms. The van der Waals surface area contributed by atoms with Crippen LogP contribution in [-0.4, -0.2) is 37.1 Å². The van der Waals surface area contributed by atoms with Crippen LogP contribution < -0.4 is 5.32 Å². The zero-order valence-corrected chi connectivity index (χ0v) is 11.8. The van der Waals surface area contributed by atoms with E-state index in [1.807, 2.05) is 0 Å². The Bertz CT molecular complexity index is 199. The molecule has 1 aliphatic rings. The molecule has 96 valence electrons. The zero-order chi connectivity index (χ0) is 12.2. The predicted octanol–water partition coefficient (Wildman–Crippen LogP) is 2.74. The van der Waals surface area contributed by atoms with Gasteiger partial charge in [0.2, 0.25) is 0 Å². The molecule has 1 heterocycles. The molecular formula is C14H30N2.